The molecule has 0 atom stereocenters. The van der Waals surface area contributed by atoms with Crippen molar-refractivity contribution < 1.29 is 4.79 Å². The zero-order chi connectivity index (χ0) is 14.2. The second kappa shape index (κ2) is 7.93. The van der Waals surface area contributed by atoms with Crippen LogP contribution >= 0.6 is 11.8 Å². The van der Waals surface area contributed by atoms with Crippen LogP contribution in [0.3, 0.4) is 0 Å². The second-order valence-electron chi connectivity index (χ2n) is 4.67. The number of hydrogen-bond acceptors (Lipinski definition) is 4. The average Bonchev–Trinajstić information content (AvgIpc) is 2.52. The highest BCUT2D eigenvalue weighted by molar-refractivity contribution is 7.99. The van der Waals surface area contributed by atoms with Crippen molar-refractivity contribution in [3.8, 4) is 11.8 Å². The molecule has 0 bridgehead atoms. The summed E-state index contributed by atoms with van der Waals surface area (Å²) in [5.74, 6) is 8.47. The van der Waals surface area contributed by atoms with Crippen LogP contribution < -0.4 is 11.1 Å². The number of nitrogens with one attached hydrogen (secondary N) is 1. The van der Waals surface area contributed by atoms with Gasteiger partial charge in [0.15, 0.2) is 0 Å². The van der Waals surface area contributed by atoms with E-state index in [1.54, 1.807) is 18.3 Å². The Morgan fingerprint density at radius 3 is 3.05 bits per heavy atom. The van der Waals surface area contributed by atoms with Gasteiger partial charge >= 0.3 is 0 Å². The maximum atomic E-state index is 12.2. The van der Waals surface area contributed by atoms with Crippen LogP contribution in [0.15, 0.2) is 18.3 Å². The van der Waals surface area contributed by atoms with E-state index in [4.69, 9.17) is 5.73 Å². The van der Waals surface area contributed by atoms with Crippen LogP contribution in [0.2, 0.25) is 0 Å². The van der Waals surface area contributed by atoms with Crippen molar-refractivity contribution in [2.24, 2.45) is 11.7 Å². The number of nitrogens with two attached hydrogens (primary N) is 1. The van der Waals surface area contributed by atoms with E-state index in [0.29, 0.717) is 17.2 Å². The largest absolute Gasteiger partial charge is 0.350 e. The average molecular weight is 289 g/mol. The Bertz CT molecular complexity index is 515. The molecule has 106 valence electrons. The van der Waals surface area contributed by atoms with E-state index in [1.165, 1.54) is 24.3 Å². The van der Waals surface area contributed by atoms with Gasteiger partial charge in [0, 0.05) is 12.7 Å². The van der Waals surface area contributed by atoms with Crippen molar-refractivity contribution >= 4 is 17.7 Å². The summed E-state index contributed by atoms with van der Waals surface area (Å²) in [6, 6.07) is 3.57. The van der Waals surface area contributed by atoms with Crippen molar-refractivity contribution in [2.45, 2.75) is 12.8 Å². The third-order valence-electron chi connectivity index (χ3n) is 3.24. The minimum absolute atomic E-state index is 0.148. The van der Waals surface area contributed by atoms with Crippen LogP contribution in [0.1, 0.15) is 28.9 Å². The molecule has 0 aromatic carbocycles. The lowest BCUT2D eigenvalue weighted by molar-refractivity contribution is 0.0941. The summed E-state index contributed by atoms with van der Waals surface area (Å²) < 4.78 is 0. The van der Waals surface area contributed by atoms with Gasteiger partial charge in [0.1, 0.15) is 5.69 Å². The Morgan fingerprint density at radius 1 is 1.50 bits per heavy atom. The number of rotatable bonds is 3. The van der Waals surface area contributed by atoms with Crippen LogP contribution in [-0.4, -0.2) is 35.5 Å². The van der Waals surface area contributed by atoms with E-state index in [9.17, 15) is 4.79 Å². The number of thioether (sulfide) groups is 1. The van der Waals surface area contributed by atoms with Gasteiger partial charge in [-0.15, -0.1) is 0 Å². The molecule has 2 heterocycles. The summed E-state index contributed by atoms with van der Waals surface area (Å²) in [6.07, 6.45) is 3.96. The monoisotopic (exact) mass is 289 g/mol. The fourth-order valence-electron chi connectivity index (χ4n) is 2.10. The van der Waals surface area contributed by atoms with Crippen LogP contribution in [0.25, 0.3) is 0 Å². The van der Waals surface area contributed by atoms with E-state index >= 15 is 0 Å². The quantitative estimate of drug-likeness (QED) is 0.822. The first-order chi connectivity index (χ1) is 9.81. The van der Waals surface area contributed by atoms with Crippen molar-refractivity contribution in [1.29, 1.82) is 0 Å². The lowest BCUT2D eigenvalue weighted by Gasteiger charge is -2.21. The fraction of sp³-hybridized carbons (Fsp3) is 0.467. The molecule has 2 rings (SSSR count). The van der Waals surface area contributed by atoms with Gasteiger partial charge < -0.3 is 11.1 Å². The third-order valence-corrected chi connectivity index (χ3v) is 4.29. The van der Waals surface area contributed by atoms with Crippen molar-refractivity contribution in [3.05, 3.63) is 29.6 Å². The maximum absolute atomic E-state index is 12.2. The van der Waals surface area contributed by atoms with Crippen LogP contribution in [-0.2, 0) is 0 Å². The number of hydrogen-bond donors (Lipinski definition) is 2. The predicted octanol–water partition coefficient (Wildman–Crippen LogP) is 1.26. The summed E-state index contributed by atoms with van der Waals surface area (Å²) in [5.41, 5.74) is 6.38. The molecular formula is C15H19N3OS. The first-order valence-corrected chi connectivity index (χ1v) is 7.96. The first-order valence-electron chi connectivity index (χ1n) is 6.81. The fourth-order valence-corrected chi connectivity index (χ4v) is 3.31. The first kappa shape index (κ1) is 14.9. The number of carbonyl (C=O) groups is 1. The summed E-state index contributed by atoms with van der Waals surface area (Å²) in [4.78, 5) is 16.3. The maximum Gasteiger partial charge on any atom is 0.271 e. The van der Waals surface area contributed by atoms with Gasteiger partial charge in [0.2, 0.25) is 0 Å². The summed E-state index contributed by atoms with van der Waals surface area (Å²) >= 11 is 1.99. The highest BCUT2D eigenvalue weighted by Gasteiger charge is 2.16. The molecule has 1 aliphatic rings. The van der Waals surface area contributed by atoms with Gasteiger partial charge in [-0.25, -0.2) is 4.98 Å². The zero-order valence-corrected chi connectivity index (χ0v) is 12.2. The number of nitrogens with zero attached hydrogens (tertiary/aromatic N) is 1. The molecule has 3 N–H and O–H groups in total. The van der Waals surface area contributed by atoms with E-state index in [2.05, 4.69) is 22.1 Å². The van der Waals surface area contributed by atoms with Gasteiger partial charge in [-0.2, -0.15) is 11.8 Å². The Kier molecular flexibility index (Phi) is 5.90. The Hall–Kier alpha value is -1.51. The summed E-state index contributed by atoms with van der Waals surface area (Å²) in [6.45, 7) is 0.995. The van der Waals surface area contributed by atoms with Gasteiger partial charge in [-0.3, -0.25) is 4.79 Å². The standard InChI is InChI=1S/C15H19N3OS/c16-7-1-3-13-4-2-8-17-14(13)15(19)18-11-12-5-9-20-10-6-12/h2,4,8,12H,5-7,9-11,16H2,(H,18,19). The van der Waals surface area contributed by atoms with Crippen LogP contribution in [0.4, 0.5) is 0 Å². The molecule has 1 aliphatic heterocycles. The second-order valence-corrected chi connectivity index (χ2v) is 5.90. The Balaban J connectivity index is 1.97. The van der Waals surface area contributed by atoms with Gasteiger partial charge in [0.05, 0.1) is 12.1 Å². The number of amides is 1. The van der Waals surface area contributed by atoms with Gasteiger partial charge in [-0.05, 0) is 42.4 Å². The van der Waals surface area contributed by atoms with E-state index in [1.807, 2.05) is 11.8 Å². The Labute approximate surface area is 123 Å². The van der Waals surface area contributed by atoms with E-state index < -0.39 is 0 Å². The van der Waals surface area contributed by atoms with Crippen LogP contribution in [0, 0.1) is 17.8 Å². The molecule has 0 spiro atoms. The third kappa shape index (κ3) is 4.26. The topological polar surface area (TPSA) is 68.0 Å². The molecule has 1 aromatic rings. The lowest BCUT2D eigenvalue weighted by Crippen LogP contribution is -2.32. The molecule has 4 nitrogen and oxygen atoms in total. The minimum atomic E-state index is -0.148. The highest BCUT2D eigenvalue weighted by atomic mass is 32.2. The van der Waals surface area contributed by atoms with E-state index in [0.717, 1.165) is 6.54 Å². The van der Waals surface area contributed by atoms with Crippen molar-refractivity contribution in [1.82, 2.24) is 10.3 Å². The molecule has 1 saturated heterocycles. The normalized spacial score (nSPS) is 15.2. The number of pyridine rings is 1. The van der Waals surface area contributed by atoms with Gasteiger partial charge in [0.25, 0.3) is 5.91 Å². The SMILES string of the molecule is NCC#Cc1cccnc1C(=O)NCC1CCSCC1. The molecule has 0 unspecified atom stereocenters. The zero-order valence-electron chi connectivity index (χ0n) is 11.4. The molecule has 0 aliphatic carbocycles. The molecule has 1 fully saturated rings. The smallest absolute Gasteiger partial charge is 0.271 e. The molecule has 20 heavy (non-hydrogen) atoms. The molecule has 1 aromatic heterocycles. The number of carbonyl (C=O) groups excluding carboxylic acids is 1. The molecule has 0 radical (unpaired) electrons. The van der Waals surface area contributed by atoms with Gasteiger partial charge in [-0.1, -0.05) is 11.8 Å². The summed E-state index contributed by atoms with van der Waals surface area (Å²) in [5, 5.41) is 2.98. The van der Waals surface area contributed by atoms with Crippen LogP contribution in [0.5, 0.6) is 0 Å². The molecule has 5 heteroatoms. The number of aromatic nitrogens is 1. The van der Waals surface area contributed by atoms with Crippen molar-refractivity contribution in [2.75, 3.05) is 24.6 Å². The van der Waals surface area contributed by atoms with E-state index in [-0.39, 0.29) is 12.5 Å². The molecule has 1 amide bonds. The Morgan fingerprint density at radius 2 is 2.30 bits per heavy atom. The molecule has 0 saturated carbocycles. The predicted molar refractivity (Wildman–Crippen MR) is 82.6 cm³/mol. The minimum Gasteiger partial charge on any atom is -0.350 e. The van der Waals surface area contributed by atoms with Crippen molar-refractivity contribution in [3.63, 3.8) is 0 Å². The molecular weight excluding hydrogens is 270 g/mol. The summed E-state index contributed by atoms with van der Waals surface area (Å²) in [7, 11) is 0. The highest BCUT2D eigenvalue weighted by Crippen LogP contribution is 2.21. The lowest BCUT2D eigenvalue weighted by atomic mass is 10.0.